The second-order valence-corrected chi connectivity index (χ2v) is 1.58. The zero-order valence-corrected chi connectivity index (χ0v) is 5.45. The zero-order chi connectivity index (χ0) is 7.28. The molecule has 0 aliphatic heterocycles. The van der Waals surface area contributed by atoms with Crippen molar-refractivity contribution in [3.63, 3.8) is 0 Å². The third-order valence-corrected chi connectivity index (χ3v) is 0.781. The smallest absolute Gasteiger partial charge is 0.303 e. The van der Waals surface area contributed by atoms with Gasteiger partial charge in [0.1, 0.15) is 6.10 Å². The van der Waals surface area contributed by atoms with Gasteiger partial charge in [-0.1, -0.05) is 0 Å². The Labute approximate surface area is 58.5 Å². The summed E-state index contributed by atoms with van der Waals surface area (Å²) in [5.74, 6) is -0.996. The molecule has 5 nitrogen and oxygen atoms in total. The number of hydrogen-bond donors (Lipinski definition) is 3. The lowest BCUT2D eigenvalue weighted by atomic mass is 10.2. The molecule has 0 aromatic heterocycles. The highest BCUT2D eigenvalue weighted by Gasteiger charge is 2.03. The number of aliphatic hydroxyl groups is 1. The second-order valence-electron chi connectivity index (χ2n) is 1.58. The standard InChI is InChI=1S/C5H7NO3.H3N/c6-3-4(7)1-2-5(8)9;/h4,7H,1-2H2,(H,8,9);1H3. The highest BCUT2D eigenvalue weighted by molar-refractivity contribution is 5.66. The van der Waals surface area contributed by atoms with E-state index in [2.05, 4.69) is 0 Å². The molecule has 0 spiro atoms. The molecule has 0 radical (unpaired) electrons. The average molecular weight is 146 g/mol. The summed E-state index contributed by atoms with van der Waals surface area (Å²) >= 11 is 0. The van der Waals surface area contributed by atoms with E-state index in [0.717, 1.165) is 0 Å². The van der Waals surface area contributed by atoms with E-state index in [-0.39, 0.29) is 19.0 Å². The van der Waals surface area contributed by atoms with Gasteiger partial charge in [0.2, 0.25) is 0 Å². The molecule has 0 aliphatic carbocycles. The Morgan fingerprint density at radius 1 is 1.70 bits per heavy atom. The predicted molar refractivity (Wildman–Crippen MR) is 33.5 cm³/mol. The summed E-state index contributed by atoms with van der Waals surface area (Å²) in [7, 11) is 0. The third-order valence-electron chi connectivity index (χ3n) is 0.781. The maximum atomic E-state index is 9.80. The number of aliphatic carboxylic acids is 1. The maximum Gasteiger partial charge on any atom is 0.303 e. The highest BCUT2D eigenvalue weighted by atomic mass is 16.4. The minimum atomic E-state index is -1.14. The van der Waals surface area contributed by atoms with Gasteiger partial charge in [0.05, 0.1) is 6.07 Å². The van der Waals surface area contributed by atoms with E-state index in [9.17, 15) is 4.79 Å². The average Bonchev–Trinajstić information content (AvgIpc) is 1.83. The highest BCUT2D eigenvalue weighted by Crippen LogP contribution is 1.93. The van der Waals surface area contributed by atoms with Crippen LogP contribution in [0.2, 0.25) is 0 Å². The Morgan fingerprint density at radius 2 is 2.20 bits per heavy atom. The zero-order valence-electron chi connectivity index (χ0n) is 5.45. The number of carbonyl (C=O) groups is 1. The number of hydrogen-bond acceptors (Lipinski definition) is 4. The summed E-state index contributed by atoms with van der Waals surface area (Å²) in [4.78, 5) is 9.80. The lowest BCUT2D eigenvalue weighted by Crippen LogP contribution is -2.05. The minimum absolute atomic E-state index is 0. The first-order valence-electron chi connectivity index (χ1n) is 2.46. The summed E-state index contributed by atoms with van der Waals surface area (Å²) in [5, 5.41) is 24.5. The summed E-state index contributed by atoms with van der Waals surface area (Å²) < 4.78 is 0. The molecule has 1 unspecified atom stereocenters. The van der Waals surface area contributed by atoms with Crippen LogP contribution in [0.4, 0.5) is 0 Å². The van der Waals surface area contributed by atoms with E-state index in [1.54, 1.807) is 0 Å². The molecule has 0 bridgehead atoms. The fourth-order valence-corrected chi connectivity index (χ4v) is 0.325. The fraction of sp³-hybridized carbons (Fsp3) is 0.600. The van der Waals surface area contributed by atoms with E-state index in [1.165, 1.54) is 6.07 Å². The second kappa shape index (κ2) is 6.01. The van der Waals surface area contributed by atoms with Gasteiger partial charge < -0.3 is 16.4 Å². The normalized spacial score (nSPS) is 10.8. The SMILES string of the molecule is N.N#CC(O)CCC(=O)O. The van der Waals surface area contributed by atoms with Gasteiger partial charge in [-0.25, -0.2) is 0 Å². The molecule has 0 aliphatic rings. The molecule has 5 N–H and O–H groups in total. The molecule has 0 saturated carbocycles. The van der Waals surface area contributed by atoms with Gasteiger partial charge in [-0.2, -0.15) is 5.26 Å². The Balaban J connectivity index is 0. The fourth-order valence-electron chi connectivity index (χ4n) is 0.325. The van der Waals surface area contributed by atoms with Crippen LogP contribution in [0.5, 0.6) is 0 Å². The van der Waals surface area contributed by atoms with Crippen molar-refractivity contribution in [3.8, 4) is 6.07 Å². The third kappa shape index (κ3) is 6.88. The van der Waals surface area contributed by atoms with Crippen LogP contribution < -0.4 is 6.15 Å². The number of aliphatic hydroxyl groups excluding tert-OH is 1. The largest absolute Gasteiger partial charge is 0.481 e. The lowest BCUT2D eigenvalue weighted by molar-refractivity contribution is -0.137. The predicted octanol–water partition coefficient (Wildman–Crippen LogP) is -0.102. The van der Waals surface area contributed by atoms with Gasteiger partial charge in [-0.05, 0) is 6.42 Å². The molecule has 5 heteroatoms. The van der Waals surface area contributed by atoms with Crippen LogP contribution in [0.1, 0.15) is 12.8 Å². The Hall–Kier alpha value is -1.12. The van der Waals surface area contributed by atoms with Crippen LogP contribution >= 0.6 is 0 Å². The van der Waals surface area contributed by atoms with Crippen LogP contribution in [0.15, 0.2) is 0 Å². The van der Waals surface area contributed by atoms with Gasteiger partial charge in [0.15, 0.2) is 0 Å². The van der Waals surface area contributed by atoms with Crippen molar-refractivity contribution in [2.24, 2.45) is 0 Å². The van der Waals surface area contributed by atoms with E-state index in [1.807, 2.05) is 0 Å². The number of carboxylic acid groups (broad SMARTS) is 1. The number of nitriles is 1. The molecule has 0 aromatic rings. The summed E-state index contributed by atoms with van der Waals surface area (Å²) in [6, 6.07) is 1.51. The number of carboxylic acids is 1. The molecular weight excluding hydrogens is 136 g/mol. The Kier molecular flexibility index (Phi) is 7.00. The van der Waals surface area contributed by atoms with Crippen molar-refractivity contribution in [2.45, 2.75) is 18.9 Å². The molecule has 0 saturated heterocycles. The number of nitrogens with zero attached hydrogens (tertiary/aromatic N) is 1. The van der Waals surface area contributed by atoms with Crippen LogP contribution in [0.3, 0.4) is 0 Å². The van der Waals surface area contributed by atoms with Gasteiger partial charge >= 0.3 is 5.97 Å². The molecule has 0 amide bonds. The van der Waals surface area contributed by atoms with E-state index < -0.39 is 12.1 Å². The molecular formula is C5H10N2O3. The van der Waals surface area contributed by atoms with E-state index >= 15 is 0 Å². The molecule has 58 valence electrons. The topological polar surface area (TPSA) is 116 Å². The van der Waals surface area contributed by atoms with Crippen molar-refractivity contribution in [2.75, 3.05) is 0 Å². The Bertz CT molecular complexity index is 140. The number of rotatable bonds is 3. The van der Waals surface area contributed by atoms with Crippen LogP contribution in [0.25, 0.3) is 0 Å². The Morgan fingerprint density at radius 3 is 2.50 bits per heavy atom. The maximum absolute atomic E-state index is 9.80. The van der Waals surface area contributed by atoms with Crippen molar-refractivity contribution in [1.29, 1.82) is 5.26 Å². The summed E-state index contributed by atoms with van der Waals surface area (Å²) in [6.07, 6.45) is -1.29. The monoisotopic (exact) mass is 146 g/mol. The van der Waals surface area contributed by atoms with Crippen molar-refractivity contribution in [1.82, 2.24) is 6.15 Å². The molecule has 0 rings (SSSR count). The van der Waals surface area contributed by atoms with Gasteiger partial charge in [0.25, 0.3) is 0 Å². The van der Waals surface area contributed by atoms with Gasteiger partial charge in [-0.15, -0.1) is 0 Å². The van der Waals surface area contributed by atoms with Crippen molar-refractivity contribution < 1.29 is 15.0 Å². The van der Waals surface area contributed by atoms with Crippen molar-refractivity contribution in [3.05, 3.63) is 0 Å². The van der Waals surface area contributed by atoms with Crippen LogP contribution in [0, 0.1) is 11.3 Å². The molecule has 1 atom stereocenters. The van der Waals surface area contributed by atoms with Gasteiger partial charge in [-0.3, -0.25) is 4.79 Å². The van der Waals surface area contributed by atoms with E-state index in [4.69, 9.17) is 15.5 Å². The summed E-state index contributed by atoms with van der Waals surface area (Å²) in [6.45, 7) is 0. The first kappa shape index (κ1) is 11.6. The van der Waals surface area contributed by atoms with Crippen molar-refractivity contribution >= 4 is 5.97 Å². The molecule has 10 heavy (non-hydrogen) atoms. The lowest BCUT2D eigenvalue weighted by Gasteiger charge is -1.94. The first-order chi connectivity index (χ1) is 4.16. The quantitative estimate of drug-likeness (QED) is 0.480. The van der Waals surface area contributed by atoms with Crippen LogP contribution in [-0.4, -0.2) is 22.3 Å². The van der Waals surface area contributed by atoms with Gasteiger partial charge in [0, 0.05) is 6.42 Å². The van der Waals surface area contributed by atoms with Crippen LogP contribution in [-0.2, 0) is 4.79 Å². The van der Waals surface area contributed by atoms with E-state index in [0.29, 0.717) is 0 Å². The molecule has 0 aromatic carbocycles. The molecule has 0 fully saturated rings. The molecule has 0 heterocycles. The first-order valence-corrected chi connectivity index (χ1v) is 2.46. The minimum Gasteiger partial charge on any atom is -0.481 e. The summed E-state index contributed by atoms with van der Waals surface area (Å²) in [5.41, 5.74) is 0.